The van der Waals surface area contributed by atoms with Crippen LogP contribution in [0.15, 0.2) is 159 Å². The zero-order valence-corrected chi connectivity index (χ0v) is 51.2. The maximum atomic E-state index is 12.0. The van der Waals surface area contributed by atoms with Crippen LogP contribution in [0.5, 0.6) is 5.75 Å². The minimum atomic E-state index is -0.392. The summed E-state index contributed by atoms with van der Waals surface area (Å²) < 4.78 is 11.6. The predicted molar refractivity (Wildman–Crippen MR) is 354 cm³/mol. The molecule has 7 aromatic rings. The molecule has 83 heavy (non-hydrogen) atoms. The molecule has 3 nitrogen and oxygen atoms in total. The second kappa shape index (κ2) is 29.6. The van der Waals surface area contributed by atoms with Gasteiger partial charge < -0.3 is 9.47 Å². The summed E-state index contributed by atoms with van der Waals surface area (Å²) in [6.07, 6.45) is 35.8. The van der Waals surface area contributed by atoms with Gasteiger partial charge in [0.2, 0.25) is 0 Å². The number of hydrogen-bond donors (Lipinski definition) is 0. The Kier molecular flexibility index (Phi) is 21.3. The van der Waals surface area contributed by atoms with Crippen molar-refractivity contribution in [2.75, 3.05) is 6.61 Å². The fraction of sp³-hybridized carbons (Fsp3) is 0.463. The van der Waals surface area contributed by atoms with Crippen LogP contribution in [0.25, 0.3) is 54.9 Å². The first kappa shape index (κ1) is 60.0. The Balaban J connectivity index is 0.786. The molecule has 0 radical (unpaired) electrons. The van der Waals surface area contributed by atoms with Crippen LogP contribution in [-0.2, 0) is 14.9 Å². The number of hydrogen-bond acceptors (Lipinski definition) is 3. The molecule has 0 amide bonds. The molecule has 2 fully saturated rings. The van der Waals surface area contributed by atoms with Crippen LogP contribution in [0.2, 0.25) is 0 Å². The number of esters is 1. The van der Waals surface area contributed by atoms with E-state index in [-0.39, 0.29) is 11.4 Å². The quantitative estimate of drug-likeness (QED) is 0.0195. The highest BCUT2D eigenvalue weighted by Crippen LogP contribution is 2.57. The highest BCUT2D eigenvalue weighted by molar-refractivity contribution is 6.21. The van der Waals surface area contributed by atoms with E-state index in [1.165, 1.54) is 184 Å². The van der Waals surface area contributed by atoms with E-state index in [1.807, 2.05) is 0 Å². The lowest BCUT2D eigenvalue weighted by atomic mass is 9.68. The van der Waals surface area contributed by atoms with Gasteiger partial charge in [-0.1, -0.05) is 258 Å². The van der Waals surface area contributed by atoms with Crippen LogP contribution in [0.4, 0.5) is 0 Å². The lowest BCUT2D eigenvalue weighted by molar-refractivity contribution is -0.145. The molecular weight excluding hydrogens is 1010 g/mol. The van der Waals surface area contributed by atoms with Crippen LogP contribution in [0, 0.1) is 5.92 Å². The average Bonchev–Trinajstić information content (AvgIpc) is 2.59. The van der Waals surface area contributed by atoms with Gasteiger partial charge in [-0.3, -0.25) is 4.79 Å². The molecule has 0 N–H and O–H groups in total. The number of unbranched alkanes of at least 4 members (excludes halogenated alkanes) is 13. The van der Waals surface area contributed by atoms with Crippen LogP contribution in [-0.4, -0.2) is 18.7 Å². The topological polar surface area (TPSA) is 35.5 Å². The van der Waals surface area contributed by atoms with E-state index in [9.17, 15) is 4.79 Å². The van der Waals surface area contributed by atoms with E-state index in [2.05, 4.69) is 167 Å². The Morgan fingerprint density at radius 3 is 1.37 bits per heavy atom. The van der Waals surface area contributed by atoms with E-state index < -0.39 is 6.10 Å². The number of carbonyl (C=O) groups is 1. The third-order valence-corrected chi connectivity index (χ3v) is 20.0. The predicted octanol–water partition coefficient (Wildman–Crippen LogP) is 23.4. The molecule has 436 valence electrons. The third-order valence-electron chi connectivity index (χ3n) is 20.0. The molecule has 0 bridgehead atoms. The molecule has 3 aliphatic carbocycles. The Labute approximate surface area is 500 Å². The van der Waals surface area contributed by atoms with Crippen molar-refractivity contribution in [1.82, 2.24) is 0 Å². The smallest absolute Gasteiger partial charge is 0.306 e. The lowest BCUT2D eigenvalue weighted by Gasteiger charge is -2.35. The standard InChI is InChI=1S/C80H98O3/c1-6-10-12-25-53-80(54-26-13-11-7-2)75-56-65(61-35-33-58(5)34-36-61)47-51-69(75)70-52-48-66(57-76(70)80)62-39-37-59(38-40-62)60-41-43-63(44-42-60)78-71-28-21-23-30-73(71)79(74-31-24-22-29-72(74)78)64-45-49-68(50-46-64)82-55-27-19-17-15-14-16-18-20-32-77(81)83-67(8-3)9-4/h8-9,21-24,28-31,41-52,56-59,61-62,67H,3-4,6-7,10-20,25-27,32-40,53-55H2,1-2,5H3. The van der Waals surface area contributed by atoms with Gasteiger partial charge in [-0.2, -0.15) is 0 Å². The van der Waals surface area contributed by atoms with Crippen LogP contribution in [0.1, 0.15) is 240 Å². The van der Waals surface area contributed by atoms with Crippen molar-refractivity contribution in [2.24, 2.45) is 5.92 Å². The number of carbonyl (C=O) groups excluding carboxylic acids is 1. The first-order valence-electron chi connectivity index (χ1n) is 33.3. The summed E-state index contributed by atoms with van der Waals surface area (Å²) in [5.41, 5.74) is 16.4. The van der Waals surface area contributed by atoms with Crippen molar-refractivity contribution in [3.63, 3.8) is 0 Å². The van der Waals surface area contributed by atoms with Gasteiger partial charge in [0.15, 0.2) is 0 Å². The van der Waals surface area contributed by atoms with Gasteiger partial charge in [0.1, 0.15) is 11.9 Å². The number of benzene rings is 7. The Morgan fingerprint density at radius 2 is 0.904 bits per heavy atom. The summed E-state index contributed by atoms with van der Waals surface area (Å²) in [4.78, 5) is 12.0. The summed E-state index contributed by atoms with van der Waals surface area (Å²) in [5, 5.41) is 5.15. The number of ether oxygens (including phenoxy) is 2. The fourth-order valence-corrected chi connectivity index (χ4v) is 15.2. The Morgan fingerprint density at radius 1 is 0.494 bits per heavy atom. The Hall–Kier alpha value is -6.19. The molecule has 10 rings (SSSR count). The molecule has 0 aliphatic heterocycles. The van der Waals surface area contributed by atoms with E-state index in [0.717, 1.165) is 56.3 Å². The van der Waals surface area contributed by atoms with Crippen molar-refractivity contribution in [2.45, 2.75) is 223 Å². The van der Waals surface area contributed by atoms with Gasteiger partial charge in [-0.25, -0.2) is 0 Å². The van der Waals surface area contributed by atoms with Crippen molar-refractivity contribution < 1.29 is 14.3 Å². The van der Waals surface area contributed by atoms with E-state index in [4.69, 9.17) is 9.47 Å². The van der Waals surface area contributed by atoms with Crippen LogP contribution in [0.3, 0.4) is 0 Å². The van der Waals surface area contributed by atoms with Gasteiger partial charge in [0.25, 0.3) is 0 Å². The van der Waals surface area contributed by atoms with Gasteiger partial charge in [0, 0.05) is 11.8 Å². The molecule has 0 saturated heterocycles. The first-order valence-corrected chi connectivity index (χ1v) is 33.3. The molecular formula is C80H98O3. The molecule has 0 unspecified atom stereocenters. The Bertz CT molecular complexity index is 3140. The van der Waals surface area contributed by atoms with Crippen molar-refractivity contribution in [1.29, 1.82) is 0 Å². The monoisotopic (exact) mass is 1110 g/mol. The fourth-order valence-electron chi connectivity index (χ4n) is 15.2. The van der Waals surface area contributed by atoms with Gasteiger partial charge >= 0.3 is 5.97 Å². The van der Waals surface area contributed by atoms with Gasteiger partial charge in [0.05, 0.1) is 6.61 Å². The second-order valence-corrected chi connectivity index (χ2v) is 25.7. The maximum Gasteiger partial charge on any atom is 0.306 e. The van der Waals surface area contributed by atoms with Crippen LogP contribution >= 0.6 is 0 Å². The SMILES string of the molecule is C=CC(C=C)OC(=O)CCCCCCCCCCOc1ccc(-c2c3ccccc3c(-c3ccc(C4CCC(c5ccc6c(c5)C(CCCCCC)(CCCCCC)c5cc(C7CCC(C)CC7)ccc5-6)CC4)cc3)c3ccccc23)cc1. The number of fused-ring (bicyclic) bond motifs is 5. The molecule has 0 spiro atoms. The molecule has 3 aliphatic rings. The second-order valence-electron chi connectivity index (χ2n) is 25.7. The zero-order chi connectivity index (χ0) is 57.4. The van der Waals surface area contributed by atoms with Gasteiger partial charge in [-0.05, 0) is 195 Å². The third kappa shape index (κ3) is 14.3. The molecule has 2 saturated carbocycles. The molecule has 7 aromatic carbocycles. The van der Waals surface area contributed by atoms with Crippen molar-refractivity contribution in [3.05, 3.63) is 187 Å². The van der Waals surface area contributed by atoms with Crippen molar-refractivity contribution in [3.8, 4) is 39.1 Å². The first-order chi connectivity index (χ1) is 40.8. The molecule has 3 heteroatoms. The summed E-state index contributed by atoms with van der Waals surface area (Å²) in [7, 11) is 0. The maximum absolute atomic E-state index is 12.0. The van der Waals surface area contributed by atoms with Crippen LogP contribution < -0.4 is 4.74 Å². The largest absolute Gasteiger partial charge is 0.494 e. The summed E-state index contributed by atoms with van der Waals surface area (Å²) in [6, 6.07) is 52.4. The lowest BCUT2D eigenvalue weighted by Crippen LogP contribution is -2.26. The van der Waals surface area contributed by atoms with Gasteiger partial charge in [-0.15, -0.1) is 0 Å². The summed E-state index contributed by atoms with van der Waals surface area (Å²) in [6.45, 7) is 15.3. The minimum absolute atomic E-state index is 0.131. The minimum Gasteiger partial charge on any atom is -0.494 e. The normalized spacial score (nSPS) is 18.3. The van der Waals surface area contributed by atoms with E-state index in [0.29, 0.717) is 18.3 Å². The van der Waals surface area contributed by atoms with Crippen molar-refractivity contribution >= 4 is 27.5 Å². The summed E-state index contributed by atoms with van der Waals surface area (Å²) in [5.74, 6) is 3.56. The average molecular weight is 1110 g/mol. The zero-order valence-electron chi connectivity index (χ0n) is 51.2. The van der Waals surface area contributed by atoms with E-state index in [1.54, 1.807) is 45.5 Å². The number of rotatable bonds is 30. The van der Waals surface area contributed by atoms with E-state index >= 15 is 0 Å². The highest BCUT2D eigenvalue weighted by atomic mass is 16.5. The highest BCUT2D eigenvalue weighted by Gasteiger charge is 2.43. The molecule has 0 heterocycles. The summed E-state index contributed by atoms with van der Waals surface area (Å²) >= 11 is 0. The molecule has 0 atom stereocenters. The molecule has 0 aromatic heterocycles.